The number of nitrogens with zero attached hydrogens (tertiary/aromatic N) is 3. The Labute approximate surface area is 193 Å². The molecule has 2 aromatic rings. The molecule has 32 heavy (non-hydrogen) atoms. The third-order valence-electron chi connectivity index (χ3n) is 7.80. The number of hydrogen-bond donors (Lipinski definition) is 0. The van der Waals surface area contributed by atoms with Gasteiger partial charge in [0.2, 0.25) is 5.91 Å². The summed E-state index contributed by atoms with van der Waals surface area (Å²) >= 11 is 0. The fraction of sp³-hybridized carbons (Fsp3) is 0.536. The van der Waals surface area contributed by atoms with Crippen molar-refractivity contribution in [2.45, 2.75) is 58.0 Å². The van der Waals surface area contributed by atoms with Gasteiger partial charge in [-0.3, -0.25) is 14.6 Å². The van der Waals surface area contributed by atoms with E-state index in [2.05, 4.69) is 64.1 Å². The third kappa shape index (κ3) is 4.92. The van der Waals surface area contributed by atoms with Gasteiger partial charge in [0.15, 0.2) is 0 Å². The number of carbonyl (C=O) groups is 1. The standard InChI is InChI=1S/C28H37N3O/c1-22-7-9-23(10-8-22)24-11-12-26-20-29(14-13-25(26)19-24)21-28(32)31-17-15-30(16-18-31)27-5-3-2-4-6-27/h7-12,19,27H,2-6,13-18,20-21H2,1H3. The Balaban J connectivity index is 1.14. The quantitative estimate of drug-likeness (QED) is 0.713. The second-order valence-corrected chi connectivity index (χ2v) is 10.0. The van der Waals surface area contributed by atoms with Crippen molar-refractivity contribution < 1.29 is 4.79 Å². The Bertz CT molecular complexity index is 924. The molecule has 2 fully saturated rings. The molecule has 5 rings (SSSR count). The van der Waals surface area contributed by atoms with E-state index in [1.165, 1.54) is 59.9 Å². The number of fused-ring (bicyclic) bond motifs is 1. The maximum Gasteiger partial charge on any atom is 0.236 e. The number of amides is 1. The van der Waals surface area contributed by atoms with Crippen LogP contribution in [-0.4, -0.2) is 65.9 Å². The summed E-state index contributed by atoms with van der Waals surface area (Å²) in [6, 6.07) is 16.4. The van der Waals surface area contributed by atoms with Crippen LogP contribution < -0.4 is 0 Å². The molecule has 0 aromatic heterocycles. The Morgan fingerprint density at radius 3 is 2.31 bits per heavy atom. The molecule has 0 atom stereocenters. The Morgan fingerprint density at radius 1 is 0.844 bits per heavy atom. The molecule has 4 heteroatoms. The lowest BCUT2D eigenvalue weighted by Crippen LogP contribution is -2.54. The van der Waals surface area contributed by atoms with Crippen LogP contribution in [0.3, 0.4) is 0 Å². The van der Waals surface area contributed by atoms with Crippen molar-refractivity contribution in [3.8, 4) is 11.1 Å². The molecule has 0 unspecified atom stereocenters. The van der Waals surface area contributed by atoms with E-state index in [1.54, 1.807) is 0 Å². The first kappa shape index (κ1) is 21.7. The first-order valence-corrected chi connectivity index (χ1v) is 12.6. The van der Waals surface area contributed by atoms with E-state index in [0.717, 1.165) is 51.7 Å². The Kier molecular flexibility index (Phi) is 6.61. The largest absolute Gasteiger partial charge is 0.339 e. The highest BCUT2D eigenvalue weighted by Crippen LogP contribution is 2.27. The van der Waals surface area contributed by atoms with E-state index in [1.807, 2.05) is 0 Å². The summed E-state index contributed by atoms with van der Waals surface area (Å²) < 4.78 is 0. The maximum atomic E-state index is 13.0. The highest BCUT2D eigenvalue weighted by Gasteiger charge is 2.28. The van der Waals surface area contributed by atoms with E-state index < -0.39 is 0 Å². The molecule has 1 saturated heterocycles. The molecular formula is C28H37N3O. The van der Waals surface area contributed by atoms with Gasteiger partial charge in [-0.25, -0.2) is 0 Å². The highest BCUT2D eigenvalue weighted by atomic mass is 16.2. The first-order chi connectivity index (χ1) is 15.7. The van der Waals surface area contributed by atoms with E-state index in [0.29, 0.717) is 12.5 Å². The molecule has 1 amide bonds. The van der Waals surface area contributed by atoms with Gasteiger partial charge in [0.1, 0.15) is 0 Å². The van der Waals surface area contributed by atoms with Crippen LogP contribution in [0, 0.1) is 6.92 Å². The fourth-order valence-electron chi connectivity index (χ4n) is 5.75. The average molecular weight is 432 g/mol. The van der Waals surface area contributed by atoms with Crippen LogP contribution in [0.1, 0.15) is 48.8 Å². The molecule has 2 aliphatic heterocycles. The van der Waals surface area contributed by atoms with E-state index in [9.17, 15) is 4.79 Å². The van der Waals surface area contributed by atoms with Crippen molar-refractivity contribution in [3.63, 3.8) is 0 Å². The summed E-state index contributed by atoms with van der Waals surface area (Å²) in [5.41, 5.74) is 6.69. The number of piperazine rings is 1. The second kappa shape index (κ2) is 9.76. The summed E-state index contributed by atoms with van der Waals surface area (Å²) in [7, 11) is 0. The van der Waals surface area contributed by atoms with Crippen LogP contribution in [0.15, 0.2) is 42.5 Å². The molecule has 2 aromatic carbocycles. The summed E-state index contributed by atoms with van der Waals surface area (Å²) in [5, 5.41) is 0. The topological polar surface area (TPSA) is 26.8 Å². The number of carbonyl (C=O) groups excluding carboxylic acids is 1. The van der Waals surface area contributed by atoms with Crippen molar-refractivity contribution in [1.29, 1.82) is 0 Å². The summed E-state index contributed by atoms with van der Waals surface area (Å²) in [6.07, 6.45) is 7.90. The predicted octanol–water partition coefficient (Wildman–Crippen LogP) is 4.50. The summed E-state index contributed by atoms with van der Waals surface area (Å²) in [5.74, 6) is 0.313. The molecule has 0 N–H and O–H groups in total. The molecule has 4 nitrogen and oxygen atoms in total. The minimum absolute atomic E-state index is 0.313. The maximum absolute atomic E-state index is 13.0. The first-order valence-electron chi connectivity index (χ1n) is 12.6. The van der Waals surface area contributed by atoms with Crippen molar-refractivity contribution >= 4 is 5.91 Å². The van der Waals surface area contributed by atoms with Gasteiger partial charge in [0, 0.05) is 45.3 Å². The molecule has 0 radical (unpaired) electrons. The molecular weight excluding hydrogens is 394 g/mol. The lowest BCUT2D eigenvalue weighted by Gasteiger charge is -2.41. The zero-order valence-corrected chi connectivity index (χ0v) is 19.6. The molecule has 170 valence electrons. The smallest absolute Gasteiger partial charge is 0.236 e. The van der Waals surface area contributed by atoms with Gasteiger partial charge < -0.3 is 4.90 Å². The van der Waals surface area contributed by atoms with E-state index in [4.69, 9.17) is 0 Å². The lowest BCUT2D eigenvalue weighted by molar-refractivity contribution is -0.134. The van der Waals surface area contributed by atoms with Crippen molar-refractivity contribution in [2.24, 2.45) is 0 Å². The molecule has 2 heterocycles. The van der Waals surface area contributed by atoms with Crippen LogP contribution in [-0.2, 0) is 17.8 Å². The Morgan fingerprint density at radius 2 is 1.56 bits per heavy atom. The minimum atomic E-state index is 0.313. The molecule has 1 saturated carbocycles. The van der Waals surface area contributed by atoms with Gasteiger partial charge in [0.05, 0.1) is 6.54 Å². The van der Waals surface area contributed by atoms with Gasteiger partial charge in [-0.15, -0.1) is 0 Å². The van der Waals surface area contributed by atoms with Gasteiger partial charge in [-0.1, -0.05) is 67.3 Å². The van der Waals surface area contributed by atoms with Crippen LogP contribution in [0.5, 0.6) is 0 Å². The van der Waals surface area contributed by atoms with E-state index in [-0.39, 0.29) is 0 Å². The SMILES string of the molecule is Cc1ccc(-c2ccc3c(c2)CCN(CC(=O)N2CCN(C4CCCCC4)CC2)C3)cc1. The third-order valence-corrected chi connectivity index (χ3v) is 7.80. The normalized spacial score (nSPS) is 20.8. The van der Waals surface area contributed by atoms with Gasteiger partial charge >= 0.3 is 0 Å². The lowest BCUT2D eigenvalue weighted by atomic mass is 9.94. The predicted molar refractivity (Wildman–Crippen MR) is 131 cm³/mol. The van der Waals surface area contributed by atoms with Crippen molar-refractivity contribution in [3.05, 3.63) is 59.2 Å². The van der Waals surface area contributed by atoms with Crippen LogP contribution in [0.25, 0.3) is 11.1 Å². The monoisotopic (exact) mass is 431 g/mol. The molecule has 1 aliphatic carbocycles. The zero-order valence-electron chi connectivity index (χ0n) is 19.6. The fourth-order valence-corrected chi connectivity index (χ4v) is 5.75. The van der Waals surface area contributed by atoms with E-state index >= 15 is 0 Å². The molecule has 0 spiro atoms. The van der Waals surface area contributed by atoms with Crippen molar-refractivity contribution in [2.75, 3.05) is 39.3 Å². The van der Waals surface area contributed by atoms with Crippen LogP contribution in [0.4, 0.5) is 0 Å². The molecule has 3 aliphatic rings. The average Bonchev–Trinajstić information content (AvgIpc) is 2.85. The second-order valence-electron chi connectivity index (χ2n) is 10.0. The van der Waals surface area contributed by atoms with Crippen molar-refractivity contribution in [1.82, 2.24) is 14.7 Å². The number of benzene rings is 2. The van der Waals surface area contributed by atoms with Gasteiger partial charge in [-0.05, 0) is 48.4 Å². The Hall–Kier alpha value is -2.17. The van der Waals surface area contributed by atoms with Gasteiger partial charge in [-0.2, -0.15) is 0 Å². The van der Waals surface area contributed by atoms with Crippen LogP contribution >= 0.6 is 0 Å². The number of hydrogen-bond acceptors (Lipinski definition) is 3. The molecule has 0 bridgehead atoms. The van der Waals surface area contributed by atoms with Gasteiger partial charge in [0.25, 0.3) is 0 Å². The minimum Gasteiger partial charge on any atom is -0.339 e. The highest BCUT2D eigenvalue weighted by molar-refractivity contribution is 5.78. The summed E-state index contributed by atoms with van der Waals surface area (Å²) in [6.45, 7) is 8.46. The van der Waals surface area contributed by atoms with Crippen LogP contribution in [0.2, 0.25) is 0 Å². The number of rotatable bonds is 4. The summed E-state index contributed by atoms with van der Waals surface area (Å²) in [4.78, 5) is 20.1. The number of aryl methyl sites for hydroxylation is 1. The zero-order chi connectivity index (χ0) is 21.9.